The Morgan fingerprint density at radius 2 is 1.59 bits per heavy atom. The van der Waals surface area contributed by atoms with Crippen molar-refractivity contribution in [2.75, 3.05) is 33.8 Å². The second-order valence-electron chi connectivity index (χ2n) is 14.3. The summed E-state index contributed by atoms with van der Waals surface area (Å²) in [5, 5.41) is 10.4. The van der Waals surface area contributed by atoms with Crippen LogP contribution >= 0.6 is 0 Å². The van der Waals surface area contributed by atoms with Crippen molar-refractivity contribution in [3.8, 4) is 0 Å². The van der Waals surface area contributed by atoms with Gasteiger partial charge in [0.1, 0.15) is 18.1 Å². The minimum absolute atomic E-state index is 0.100. The van der Waals surface area contributed by atoms with E-state index >= 15 is 0 Å². The smallest absolute Gasteiger partial charge is 0.407 e. The molecule has 0 bridgehead atoms. The predicted molar refractivity (Wildman–Crippen MR) is 190 cm³/mol. The van der Waals surface area contributed by atoms with Gasteiger partial charge in [-0.25, -0.2) is 4.79 Å². The normalized spacial score (nSPS) is 19.3. The number of amides is 6. The average Bonchev–Trinajstić information content (AvgIpc) is 3.51. The molecule has 51 heavy (non-hydrogen) atoms. The highest BCUT2D eigenvalue weighted by Gasteiger charge is 2.45. The first-order valence-corrected chi connectivity index (χ1v) is 18.2. The Balaban J connectivity index is 1.68. The molecule has 0 radical (unpaired) electrons. The first kappa shape index (κ1) is 40.9. The summed E-state index contributed by atoms with van der Waals surface area (Å²) in [6.45, 7) is 7.42. The molecule has 282 valence electrons. The molecule has 1 aliphatic heterocycles. The molecule has 14 heteroatoms. The molecule has 0 aromatic heterocycles. The number of ketones is 1. The molecule has 6 amide bonds. The molecular weight excluding hydrogens is 656 g/mol. The van der Waals surface area contributed by atoms with Crippen LogP contribution in [0.1, 0.15) is 90.7 Å². The number of likely N-dealkylation sites (tertiary alicyclic amines) is 1. The van der Waals surface area contributed by atoms with E-state index < -0.39 is 60.3 Å². The largest absolute Gasteiger partial charge is 0.449 e. The molecule has 0 spiro atoms. The summed E-state index contributed by atoms with van der Waals surface area (Å²) in [5.74, 6) is -4.20. The number of alkyl carbamates (subject to hydrolysis) is 1. The molecule has 1 saturated carbocycles. The lowest BCUT2D eigenvalue weighted by Gasteiger charge is -2.35. The van der Waals surface area contributed by atoms with Crippen molar-refractivity contribution in [3.05, 3.63) is 35.9 Å². The second kappa shape index (κ2) is 19.8. The third-order valence-corrected chi connectivity index (χ3v) is 9.43. The standard InChI is InChI=1S/C37H56N6O8/c1-7-14-27(32(45)34(47)38-21-28(44)40-29(35(48)42(5)6)25-15-10-8-11-16-25)39-33(46)31-24(4)19-20-43(31)36(49)30(26-17-12-9-13-18-26)41-37(50)51-22-23(2)3/h8,10-11,15-16,23-24,26-27,29-31H,7,9,12-14,17-22H2,1-6H3,(H,38,47)(H,39,46)(H,40,44)(H,41,50)/t24-,27?,29?,30-,31?/m0/s1. The van der Waals surface area contributed by atoms with Gasteiger partial charge in [0, 0.05) is 20.6 Å². The average molecular weight is 713 g/mol. The Morgan fingerprint density at radius 3 is 2.20 bits per heavy atom. The Hall–Kier alpha value is -4.49. The molecule has 1 heterocycles. The minimum atomic E-state index is -1.19. The van der Waals surface area contributed by atoms with E-state index in [0.29, 0.717) is 24.9 Å². The number of nitrogens with zero attached hydrogens (tertiary/aromatic N) is 2. The number of carbonyl (C=O) groups excluding carboxylic acids is 7. The van der Waals surface area contributed by atoms with Crippen LogP contribution < -0.4 is 21.3 Å². The van der Waals surface area contributed by atoms with Crippen LogP contribution in [0.3, 0.4) is 0 Å². The van der Waals surface area contributed by atoms with Crippen molar-refractivity contribution in [2.45, 2.75) is 103 Å². The van der Waals surface area contributed by atoms with E-state index in [2.05, 4.69) is 21.3 Å². The number of hydrogen-bond donors (Lipinski definition) is 4. The molecule has 1 saturated heterocycles. The summed E-state index contributed by atoms with van der Waals surface area (Å²) in [4.78, 5) is 95.4. The maximum Gasteiger partial charge on any atom is 0.407 e. The van der Waals surface area contributed by atoms with Gasteiger partial charge in [0.15, 0.2) is 0 Å². The molecule has 2 fully saturated rings. The lowest BCUT2D eigenvalue weighted by Crippen LogP contribution is -2.59. The predicted octanol–water partition coefficient (Wildman–Crippen LogP) is 2.47. The van der Waals surface area contributed by atoms with Gasteiger partial charge in [-0.2, -0.15) is 0 Å². The molecule has 3 unspecified atom stereocenters. The third-order valence-electron chi connectivity index (χ3n) is 9.43. The minimum Gasteiger partial charge on any atom is -0.449 e. The molecular formula is C37H56N6O8. The zero-order valence-corrected chi connectivity index (χ0v) is 30.9. The highest BCUT2D eigenvalue weighted by Crippen LogP contribution is 2.31. The first-order valence-electron chi connectivity index (χ1n) is 18.2. The van der Waals surface area contributed by atoms with Crippen LogP contribution in [0.25, 0.3) is 0 Å². The Bertz CT molecular complexity index is 1380. The van der Waals surface area contributed by atoms with Crippen molar-refractivity contribution < 1.29 is 38.3 Å². The number of benzene rings is 1. The van der Waals surface area contributed by atoms with Gasteiger partial charge in [-0.3, -0.25) is 28.8 Å². The van der Waals surface area contributed by atoms with Gasteiger partial charge in [-0.1, -0.05) is 83.7 Å². The number of hydrogen-bond acceptors (Lipinski definition) is 8. The summed E-state index contributed by atoms with van der Waals surface area (Å²) in [5.41, 5.74) is 0.554. The topological polar surface area (TPSA) is 183 Å². The molecule has 1 aromatic rings. The van der Waals surface area contributed by atoms with Gasteiger partial charge in [-0.05, 0) is 49.0 Å². The first-order chi connectivity index (χ1) is 24.2. The van der Waals surface area contributed by atoms with Gasteiger partial charge in [0.25, 0.3) is 5.91 Å². The molecule has 5 atom stereocenters. The van der Waals surface area contributed by atoms with Gasteiger partial charge in [0.2, 0.25) is 29.4 Å². The fraction of sp³-hybridized carbons (Fsp3) is 0.649. The van der Waals surface area contributed by atoms with Crippen LogP contribution in [-0.2, 0) is 33.5 Å². The molecule has 2 aliphatic rings. The monoisotopic (exact) mass is 712 g/mol. The molecule has 1 aliphatic carbocycles. The SMILES string of the molecule is CCCC(NC(=O)C1[C@@H](C)CCN1C(=O)[C@@H](NC(=O)OCC(C)C)C1CCCCC1)C(=O)C(=O)NCC(=O)NC(C(=O)N(C)C)c1ccccc1. The Labute approximate surface area is 301 Å². The number of rotatable bonds is 16. The van der Waals surface area contributed by atoms with Crippen molar-refractivity contribution in [1.29, 1.82) is 0 Å². The molecule has 1 aromatic carbocycles. The lowest BCUT2D eigenvalue weighted by molar-refractivity contribution is -0.144. The number of nitrogens with one attached hydrogen (secondary N) is 4. The van der Waals surface area contributed by atoms with E-state index in [0.717, 1.165) is 32.1 Å². The zero-order chi connectivity index (χ0) is 37.7. The van der Waals surface area contributed by atoms with Crippen molar-refractivity contribution in [3.63, 3.8) is 0 Å². The number of carbonyl (C=O) groups is 7. The number of ether oxygens (including phenoxy) is 1. The molecule has 3 rings (SSSR count). The Morgan fingerprint density at radius 1 is 0.922 bits per heavy atom. The number of likely N-dealkylation sites (N-methyl/N-ethyl adjacent to an activating group) is 1. The van der Waals surface area contributed by atoms with Crippen molar-refractivity contribution in [2.24, 2.45) is 17.8 Å². The maximum absolute atomic E-state index is 14.1. The van der Waals surface area contributed by atoms with Gasteiger partial charge in [0.05, 0.1) is 19.2 Å². The second-order valence-corrected chi connectivity index (χ2v) is 14.3. The van der Waals surface area contributed by atoms with E-state index in [4.69, 9.17) is 4.74 Å². The van der Waals surface area contributed by atoms with Crippen LogP contribution in [0.4, 0.5) is 4.79 Å². The van der Waals surface area contributed by atoms with Gasteiger partial charge >= 0.3 is 6.09 Å². The maximum atomic E-state index is 14.1. The van der Waals surface area contributed by atoms with E-state index in [9.17, 15) is 33.6 Å². The molecule has 14 nitrogen and oxygen atoms in total. The fourth-order valence-electron chi connectivity index (χ4n) is 6.66. The van der Waals surface area contributed by atoms with E-state index in [1.807, 2.05) is 20.8 Å². The third kappa shape index (κ3) is 11.8. The highest BCUT2D eigenvalue weighted by atomic mass is 16.5. The molecule has 4 N–H and O–H groups in total. The summed E-state index contributed by atoms with van der Waals surface area (Å²) < 4.78 is 5.34. The van der Waals surface area contributed by atoms with E-state index in [-0.39, 0.29) is 42.6 Å². The van der Waals surface area contributed by atoms with Gasteiger partial charge in [-0.15, -0.1) is 0 Å². The van der Waals surface area contributed by atoms with Crippen LogP contribution in [-0.4, -0.2) is 103 Å². The quantitative estimate of drug-likeness (QED) is 0.189. The highest BCUT2D eigenvalue weighted by molar-refractivity contribution is 6.38. The van der Waals surface area contributed by atoms with E-state index in [1.165, 1.54) is 9.80 Å². The fourth-order valence-corrected chi connectivity index (χ4v) is 6.66. The van der Waals surface area contributed by atoms with E-state index in [1.54, 1.807) is 51.4 Å². The Kier molecular flexibility index (Phi) is 15.9. The van der Waals surface area contributed by atoms with Crippen LogP contribution in [0.15, 0.2) is 30.3 Å². The summed E-state index contributed by atoms with van der Waals surface area (Å²) >= 11 is 0. The van der Waals surface area contributed by atoms with Crippen molar-refractivity contribution in [1.82, 2.24) is 31.1 Å². The lowest BCUT2D eigenvalue weighted by atomic mass is 9.83. The summed E-state index contributed by atoms with van der Waals surface area (Å²) in [6, 6.07) is 4.68. The summed E-state index contributed by atoms with van der Waals surface area (Å²) in [7, 11) is 3.12. The summed E-state index contributed by atoms with van der Waals surface area (Å²) in [6.07, 6.45) is 4.94. The van der Waals surface area contributed by atoms with Crippen molar-refractivity contribution >= 4 is 41.4 Å². The van der Waals surface area contributed by atoms with Crippen LogP contribution in [0.2, 0.25) is 0 Å². The zero-order valence-electron chi connectivity index (χ0n) is 30.9. The van der Waals surface area contributed by atoms with Gasteiger partial charge < -0.3 is 35.8 Å². The number of Topliss-reactive ketones (excluding diaryl/α,β-unsaturated/α-hetero) is 1. The van der Waals surface area contributed by atoms with Crippen LogP contribution in [0, 0.1) is 17.8 Å². The van der Waals surface area contributed by atoms with Crippen LogP contribution in [0.5, 0.6) is 0 Å².